The van der Waals surface area contributed by atoms with Crippen molar-refractivity contribution in [2.45, 2.75) is 56.5 Å². The molecule has 0 nitrogen and oxygen atoms in total. The Hall–Kier alpha value is -0.823. The molecule has 4 unspecified atom stereocenters. The Kier molecular flexibility index (Phi) is 4.16. The molecular formula is C19H28Si. The Bertz CT molecular complexity index is 468. The van der Waals surface area contributed by atoms with Crippen LogP contribution in [0.5, 0.6) is 0 Å². The molecular weight excluding hydrogens is 256 g/mol. The Labute approximate surface area is 126 Å². The lowest BCUT2D eigenvalue weighted by Gasteiger charge is -2.34. The first kappa shape index (κ1) is 14.1. The van der Waals surface area contributed by atoms with Gasteiger partial charge in [0.1, 0.15) is 0 Å². The minimum atomic E-state index is -0.114. The van der Waals surface area contributed by atoms with E-state index in [1.165, 1.54) is 32.1 Å². The van der Waals surface area contributed by atoms with Crippen LogP contribution in [0.1, 0.15) is 46.0 Å². The summed E-state index contributed by atoms with van der Waals surface area (Å²) in [5, 5.41) is 0.574. The predicted molar refractivity (Wildman–Crippen MR) is 91.9 cm³/mol. The molecule has 1 fully saturated rings. The lowest BCUT2D eigenvalue weighted by Crippen LogP contribution is -2.23. The van der Waals surface area contributed by atoms with Crippen LogP contribution in [0.4, 0.5) is 0 Å². The van der Waals surface area contributed by atoms with Gasteiger partial charge in [0.25, 0.3) is 0 Å². The van der Waals surface area contributed by atoms with Crippen LogP contribution in [0.3, 0.4) is 0 Å². The van der Waals surface area contributed by atoms with Crippen molar-refractivity contribution in [3.63, 3.8) is 0 Å². The maximum absolute atomic E-state index is 2.57. The summed E-state index contributed by atoms with van der Waals surface area (Å²) in [7, 11) is -0.114. The third-order valence-corrected chi connectivity index (χ3v) is 8.67. The first-order chi connectivity index (χ1) is 9.74. The van der Waals surface area contributed by atoms with Crippen LogP contribution in [0.25, 0.3) is 0 Å². The molecule has 0 saturated heterocycles. The molecule has 20 heavy (non-hydrogen) atoms. The van der Waals surface area contributed by atoms with Gasteiger partial charge in [0.05, 0.1) is 0 Å². The average Bonchev–Trinajstić information content (AvgIpc) is 2.77. The van der Waals surface area contributed by atoms with Gasteiger partial charge in [-0.05, 0) is 48.1 Å². The van der Waals surface area contributed by atoms with Gasteiger partial charge >= 0.3 is 0 Å². The predicted octanol–water partition coefficient (Wildman–Crippen LogP) is 4.96. The van der Waals surface area contributed by atoms with Crippen LogP contribution in [0, 0.1) is 11.8 Å². The van der Waals surface area contributed by atoms with Crippen molar-refractivity contribution in [3.05, 3.63) is 48.1 Å². The van der Waals surface area contributed by atoms with Crippen LogP contribution in [-0.2, 0) is 0 Å². The molecule has 0 aromatic rings. The largest absolute Gasteiger partial charge is 0.0840 e. The van der Waals surface area contributed by atoms with Crippen molar-refractivity contribution in [3.8, 4) is 0 Å². The van der Waals surface area contributed by atoms with Crippen LogP contribution >= 0.6 is 0 Å². The van der Waals surface area contributed by atoms with E-state index in [9.17, 15) is 0 Å². The van der Waals surface area contributed by atoms with Gasteiger partial charge in [0, 0.05) is 9.52 Å². The first-order valence-electron chi connectivity index (χ1n) is 8.45. The van der Waals surface area contributed by atoms with Gasteiger partial charge in [-0.15, -0.1) is 0 Å². The van der Waals surface area contributed by atoms with Gasteiger partial charge in [-0.2, -0.15) is 0 Å². The molecule has 0 aromatic carbocycles. The minimum Gasteiger partial charge on any atom is -0.0840 e. The van der Waals surface area contributed by atoms with E-state index in [1.807, 2.05) is 5.57 Å². The molecule has 0 aromatic heterocycles. The summed E-state index contributed by atoms with van der Waals surface area (Å²) in [5.74, 6) is 1.78. The fourth-order valence-corrected chi connectivity index (χ4v) is 8.26. The highest BCUT2D eigenvalue weighted by atomic mass is 28.2. The van der Waals surface area contributed by atoms with Crippen molar-refractivity contribution in [2.24, 2.45) is 11.8 Å². The molecule has 0 radical (unpaired) electrons. The molecule has 3 aliphatic rings. The van der Waals surface area contributed by atoms with E-state index in [-0.39, 0.29) is 9.52 Å². The fourth-order valence-electron chi connectivity index (χ4n) is 4.75. The van der Waals surface area contributed by atoms with Crippen LogP contribution in [0.15, 0.2) is 48.1 Å². The van der Waals surface area contributed by atoms with E-state index in [0.717, 1.165) is 17.4 Å². The standard InChI is InChI=1S/C19H28Si/c1-3-11-19(12-7-4-8-13-19)20-18-14-15(2)16-9-5-6-10-17(16)18/h4-8,10,12,15-16,18H,3,9,11,13-14,20H2,1-2H3. The van der Waals surface area contributed by atoms with E-state index in [2.05, 4.69) is 56.4 Å². The van der Waals surface area contributed by atoms with Gasteiger partial charge in [-0.25, -0.2) is 0 Å². The molecule has 4 atom stereocenters. The Balaban J connectivity index is 1.79. The maximum Gasteiger partial charge on any atom is 0.0404 e. The molecule has 0 bridgehead atoms. The van der Waals surface area contributed by atoms with Crippen molar-refractivity contribution < 1.29 is 0 Å². The average molecular weight is 285 g/mol. The summed E-state index contributed by atoms with van der Waals surface area (Å²) in [6.07, 6.45) is 23.5. The zero-order valence-corrected chi connectivity index (χ0v) is 14.4. The first-order valence-corrected chi connectivity index (χ1v) is 9.97. The molecule has 3 aliphatic carbocycles. The van der Waals surface area contributed by atoms with E-state index >= 15 is 0 Å². The highest BCUT2D eigenvalue weighted by Crippen LogP contribution is 2.52. The fraction of sp³-hybridized carbons (Fsp3) is 0.579. The summed E-state index contributed by atoms with van der Waals surface area (Å²) >= 11 is 0. The quantitative estimate of drug-likeness (QED) is 0.640. The topological polar surface area (TPSA) is 0 Å². The molecule has 108 valence electrons. The zero-order valence-electron chi connectivity index (χ0n) is 13.0. The third-order valence-electron chi connectivity index (χ3n) is 5.68. The van der Waals surface area contributed by atoms with E-state index in [0.29, 0.717) is 5.04 Å². The lowest BCUT2D eigenvalue weighted by molar-refractivity contribution is 0.460. The molecule has 0 spiro atoms. The highest BCUT2D eigenvalue weighted by molar-refractivity contribution is 6.44. The van der Waals surface area contributed by atoms with Gasteiger partial charge in [0.2, 0.25) is 0 Å². The van der Waals surface area contributed by atoms with Crippen molar-refractivity contribution in [1.29, 1.82) is 0 Å². The number of allylic oxidation sites excluding steroid dienone is 8. The second-order valence-corrected chi connectivity index (χ2v) is 9.96. The number of hydrogen-bond acceptors (Lipinski definition) is 0. The zero-order chi connectivity index (χ0) is 14.0. The minimum absolute atomic E-state index is 0.114. The molecule has 0 heterocycles. The van der Waals surface area contributed by atoms with E-state index in [4.69, 9.17) is 0 Å². The van der Waals surface area contributed by atoms with Gasteiger partial charge in [-0.1, -0.05) is 68.4 Å². The van der Waals surface area contributed by atoms with Gasteiger partial charge in [-0.3, -0.25) is 0 Å². The maximum atomic E-state index is 2.57. The summed E-state index contributed by atoms with van der Waals surface area (Å²) in [5.41, 5.74) is 2.78. The Morgan fingerprint density at radius 1 is 1.25 bits per heavy atom. The lowest BCUT2D eigenvalue weighted by atomic mass is 9.89. The molecule has 3 rings (SSSR count). The summed E-state index contributed by atoms with van der Waals surface area (Å²) in [6, 6.07) is 0. The highest BCUT2D eigenvalue weighted by Gasteiger charge is 2.40. The molecule has 1 heteroatoms. The smallest absolute Gasteiger partial charge is 0.0404 e. The van der Waals surface area contributed by atoms with Crippen molar-refractivity contribution >= 4 is 9.52 Å². The normalized spacial score (nSPS) is 39.5. The Morgan fingerprint density at radius 3 is 2.90 bits per heavy atom. The Morgan fingerprint density at radius 2 is 2.15 bits per heavy atom. The van der Waals surface area contributed by atoms with Crippen molar-refractivity contribution in [2.75, 3.05) is 0 Å². The molecule has 0 N–H and O–H groups in total. The molecule has 1 saturated carbocycles. The molecule has 0 aliphatic heterocycles. The number of hydrogen-bond donors (Lipinski definition) is 0. The van der Waals surface area contributed by atoms with Gasteiger partial charge in [0.15, 0.2) is 0 Å². The second-order valence-electron chi connectivity index (χ2n) is 7.15. The summed E-state index contributed by atoms with van der Waals surface area (Å²) in [4.78, 5) is 0. The van der Waals surface area contributed by atoms with E-state index < -0.39 is 0 Å². The number of fused-ring (bicyclic) bond motifs is 1. The SMILES string of the molecule is CCCC1([SiH2]C2CC(C)C3CC=CC=C23)C=CC=CC1. The second kappa shape index (κ2) is 5.89. The summed E-state index contributed by atoms with van der Waals surface area (Å²) < 4.78 is 0. The summed E-state index contributed by atoms with van der Waals surface area (Å²) in [6.45, 7) is 4.83. The van der Waals surface area contributed by atoms with Crippen LogP contribution in [0.2, 0.25) is 10.6 Å². The van der Waals surface area contributed by atoms with Crippen LogP contribution in [-0.4, -0.2) is 9.52 Å². The van der Waals surface area contributed by atoms with Crippen LogP contribution < -0.4 is 0 Å². The number of rotatable bonds is 4. The van der Waals surface area contributed by atoms with E-state index in [1.54, 1.807) is 0 Å². The third kappa shape index (κ3) is 2.65. The van der Waals surface area contributed by atoms with Gasteiger partial charge < -0.3 is 0 Å². The van der Waals surface area contributed by atoms with Crippen molar-refractivity contribution in [1.82, 2.24) is 0 Å². The monoisotopic (exact) mass is 284 g/mol. The molecule has 0 amide bonds.